The molecule has 0 fully saturated rings. The van der Waals surface area contributed by atoms with E-state index in [2.05, 4.69) is 21.2 Å². The summed E-state index contributed by atoms with van der Waals surface area (Å²) in [7, 11) is 0. The third-order valence-corrected chi connectivity index (χ3v) is 4.99. The minimum absolute atomic E-state index is 0.00187. The lowest BCUT2D eigenvalue weighted by atomic mass is 10.1. The van der Waals surface area contributed by atoms with Gasteiger partial charge in [-0.25, -0.2) is 0 Å². The van der Waals surface area contributed by atoms with Crippen LogP contribution in [0.25, 0.3) is 11.3 Å². The molecule has 0 saturated heterocycles. The van der Waals surface area contributed by atoms with Crippen molar-refractivity contribution >= 4 is 27.6 Å². The van der Waals surface area contributed by atoms with Crippen molar-refractivity contribution in [3.8, 4) is 11.3 Å². The van der Waals surface area contributed by atoms with Gasteiger partial charge in [0.25, 0.3) is 0 Å². The van der Waals surface area contributed by atoms with Crippen molar-refractivity contribution in [1.29, 1.82) is 0 Å². The molecule has 0 bridgehead atoms. The number of ketones is 1. The Kier molecular flexibility index (Phi) is 5.91. The van der Waals surface area contributed by atoms with Crippen LogP contribution in [0.5, 0.6) is 0 Å². The summed E-state index contributed by atoms with van der Waals surface area (Å²) in [6, 6.07) is 19.5. The maximum absolute atomic E-state index is 12.6. The molecule has 0 atom stereocenters. The summed E-state index contributed by atoms with van der Waals surface area (Å²) in [5.74, 6) is -0.0982. The van der Waals surface area contributed by atoms with Crippen molar-refractivity contribution < 1.29 is 9.59 Å². The Morgan fingerprint density at radius 2 is 1.78 bits per heavy atom. The number of rotatable bonds is 6. The average molecular weight is 425 g/mol. The standard InChI is InChI=1S/C22H21BrN2O2/c1-15-20(16(2)26)12-21(18-8-4-3-5-9-18)25(15)14-22(27)24-13-17-7-6-10-19(23)11-17/h3-12H,13-14H2,1-2H3,(H,24,27). The number of hydrogen-bond donors (Lipinski definition) is 1. The Balaban J connectivity index is 1.82. The summed E-state index contributed by atoms with van der Waals surface area (Å²) in [5, 5.41) is 2.95. The van der Waals surface area contributed by atoms with Crippen LogP contribution in [-0.2, 0) is 17.9 Å². The molecule has 0 unspecified atom stereocenters. The second-order valence-electron chi connectivity index (χ2n) is 6.44. The van der Waals surface area contributed by atoms with E-state index in [1.807, 2.05) is 72.2 Å². The molecule has 1 aromatic heterocycles. The molecule has 1 amide bonds. The van der Waals surface area contributed by atoms with Gasteiger partial charge in [-0.3, -0.25) is 9.59 Å². The highest BCUT2D eigenvalue weighted by molar-refractivity contribution is 9.10. The molecule has 27 heavy (non-hydrogen) atoms. The Bertz CT molecular complexity index is 977. The number of nitrogens with zero attached hydrogens (tertiary/aromatic N) is 1. The molecule has 3 aromatic rings. The van der Waals surface area contributed by atoms with Crippen molar-refractivity contribution in [2.45, 2.75) is 26.9 Å². The van der Waals surface area contributed by atoms with E-state index in [-0.39, 0.29) is 18.2 Å². The predicted molar refractivity (Wildman–Crippen MR) is 111 cm³/mol. The molecule has 0 radical (unpaired) electrons. The maximum atomic E-state index is 12.6. The lowest BCUT2D eigenvalue weighted by Gasteiger charge is -2.13. The summed E-state index contributed by atoms with van der Waals surface area (Å²) < 4.78 is 2.88. The van der Waals surface area contributed by atoms with Crippen molar-refractivity contribution in [2.24, 2.45) is 0 Å². The smallest absolute Gasteiger partial charge is 0.240 e. The zero-order valence-electron chi connectivity index (χ0n) is 15.3. The van der Waals surface area contributed by atoms with Crippen molar-refractivity contribution in [1.82, 2.24) is 9.88 Å². The van der Waals surface area contributed by atoms with E-state index in [1.165, 1.54) is 0 Å². The fraction of sp³-hybridized carbons (Fsp3) is 0.182. The second kappa shape index (κ2) is 8.35. The van der Waals surface area contributed by atoms with Crippen LogP contribution in [0.15, 0.2) is 65.1 Å². The van der Waals surface area contributed by atoms with Gasteiger partial charge in [0.1, 0.15) is 6.54 Å². The van der Waals surface area contributed by atoms with Crippen LogP contribution in [0.2, 0.25) is 0 Å². The number of halogens is 1. The number of hydrogen-bond acceptors (Lipinski definition) is 2. The monoisotopic (exact) mass is 424 g/mol. The van der Waals surface area contributed by atoms with Crippen molar-refractivity contribution in [3.63, 3.8) is 0 Å². The van der Waals surface area contributed by atoms with Crippen LogP contribution >= 0.6 is 15.9 Å². The van der Waals surface area contributed by atoms with Crippen LogP contribution in [0, 0.1) is 6.92 Å². The van der Waals surface area contributed by atoms with E-state index < -0.39 is 0 Å². The van der Waals surface area contributed by atoms with Gasteiger partial charge in [0.2, 0.25) is 5.91 Å². The van der Waals surface area contributed by atoms with Gasteiger partial charge >= 0.3 is 0 Å². The topological polar surface area (TPSA) is 51.1 Å². The average Bonchev–Trinajstić information content (AvgIpc) is 2.98. The molecule has 0 spiro atoms. The fourth-order valence-electron chi connectivity index (χ4n) is 3.10. The third kappa shape index (κ3) is 4.55. The molecular formula is C22H21BrN2O2. The molecule has 3 rings (SSSR count). The second-order valence-corrected chi connectivity index (χ2v) is 7.36. The molecule has 0 aliphatic heterocycles. The first kappa shape index (κ1) is 19.1. The van der Waals surface area contributed by atoms with Crippen molar-refractivity contribution in [2.75, 3.05) is 0 Å². The van der Waals surface area contributed by atoms with Crippen LogP contribution in [0.1, 0.15) is 28.5 Å². The molecule has 1 heterocycles. The van der Waals surface area contributed by atoms with Crippen LogP contribution in [0.4, 0.5) is 0 Å². The highest BCUT2D eigenvalue weighted by Gasteiger charge is 2.17. The number of amides is 1. The number of nitrogens with one attached hydrogen (secondary N) is 1. The van der Waals surface area contributed by atoms with Crippen LogP contribution < -0.4 is 5.32 Å². The molecule has 138 valence electrons. The van der Waals surface area contributed by atoms with Crippen molar-refractivity contribution in [3.05, 3.63) is 82.0 Å². The zero-order chi connectivity index (χ0) is 19.4. The van der Waals surface area contributed by atoms with Gasteiger partial charge in [0, 0.05) is 28.0 Å². The number of carbonyl (C=O) groups excluding carboxylic acids is 2. The Morgan fingerprint density at radius 1 is 1.04 bits per heavy atom. The number of benzene rings is 2. The molecule has 0 saturated carbocycles. The van der Waals surface area contributed by atoms with Gasteiger partial charge < -0.3 is 9.88 Å². The quantitative estimate of drug-likeness (QED) is 0.580. The molecule has 0 aliphatic carbocycles. The van der Waals surface area contributed by atoms with E-state index in [9.17, 15) is 9.59 Å². The lowest BCUT2D eigenvalue weighted by Crippen LogP contribution is -2.27. The number of Topliss-reactive ketones (excluding diaryl/α,β-unsaturated/α-hetero) is 1. The molecule has 4 nitrogen and oxygen atoms in total. The summed E-state index contributed by atoms with van der Waals surface area (Å²) >= 11 is 3.44. The summed E-state index contributed by atoms with van der Waals surface area (Å²) in [6.07, 6.45) is 0. The minimum Gasteiger partial charge on any atom is -0.350 e. The van der Waals surface area contributed by atoms with E-state index in [1.54, 1.807) is 6.92 Å². The molecule has 0 aliphatic rings. The van der Waals surface area contributed by atoms with E-state index >= 15 is 0 Å². The number of aromatic nitrogens is 1. The highest BCUT2D eigenvalue weighted by Crippen LogP contribution is 2.26. The Labute approximate surface area is 167 Å². The van der Waals surface area contributed by atoms with E-state index in [4.69, 9.17) is 0 Å². The highest BCUT2D eigenvalue weighted by atomic mass is 79.9. The van der Waals surface area contributed by atoms with E-state index in [0.29, 0.717) is 12.1 Å². The van der Waals surface area contributed by atoms with Gasteiger partial charge in [-0.05, 0) is 43.2 Å². The predicted octanol–water partition coefficient (Wildman–Crippen LogP) is 4.75. The van der Waals surface area contributed by atoms with Gasteiger partial charge in [-0.15, -0.1) is 0 Å². The molecular weight excluding hydrogens is 404 g/mol. The third-order valence-electron chi connectivity index (χ3n) is 4.50. The summed E-state index contributed by atoms with van der Waals surface area (Å²) in [6.45, 7) is 4.05. The van der Waals surface area contributed by atoms with E-state index in [0.717, 1.165) is 27.0 Å². The Hall–Kier alpha value is -2.66. The van der Waals surface area contributed by atoms with Crippen LogP contribution in [0.3, 0.4) is 0 Å². The molecule has 5 heteroatoms. The first-order valence-corrected chi connectivity index (χ1v) is 9.52. The molecule has 2 aromatic carbocycles. The maximum Gasteiger partial charge on any atom is 0.240 e. The summed E-state index contributed by atoms with van der Waals surface area (Å²) in [5.41, 5.74) is 4.33. The van der Waals surface area contributed by atoms with Gasteiger partial charge in [0.15, 0.2) is 5.78 Å². The summed E-state index contributed by atoms with van der Waals surface area (Å²) in [4.78, 5) is 24.5. The SMILES string of the molecule is CC(=O)c1cc(-c2ccccc2)n(CC(=O)NCc2cccc(Br)c2)c1C. The first-order valence-electron chi connectivity index (χ1n) is 8.73. The fourth-order valence-corrected chi connectivity index (χ4v) is 3.55. The Morgan fingerprint density at radius 3 is 2.44 bits per heavy atom. The molecule has 1 N–H and O–H groups in total. The number of carbonyl (C=O) groups is 2. The van der Waals surface area contributed by atoms with Crippen LogP contribution in [-0.4, -0.2) is 16.3 Å². The van der Waals surface area contributed by atoms with Gasteiger partial charge in [-0.1, -0.05) is 58.4 Å². The van der Waals surface area contributed by atoms with Gasteiger partial charge in [0.05, 0.1) is 0 Å². The van der Waals surface area contributed by atoms with Gasteiger partial charge in [-0.2, -0.15) is 0 Å². The minimum atomic E-state index is -0.0963. The zero-order valence-corrected chi connectivity index (χ0v) is 16.9. The first-order chi connectivity index (χ1) is 13.0. The lowest BCUT2D eigenvalue weighted by molar-refractivity contribution is -0.121. The largest absolute Gasteiger partial charge is 0.350 e. The normalized spacial score (nSPS) is 10.6.